The number of hydrogen-bond acceptors (Lipinski definition) is 2. The van der Waals surface area contributed by atoms with E-state index >= 15 is 0 Å². The highest BCUT2D eigenvalue weighted by Crippen LogP contribution is 2.31. The Labute approximate surface area is 106 Å². The maximum absolute atomic E-state index is 12.6. The summed E-state index contributed by atoms with van der Waals surface area (Å²) in [5, 5.41) is 3.03. The lowest BCUT2D eigenvalue weighted by molar-refractivity contribution is -0.137. The molecule has 0 atom stereocenters. The molecule has 1 N–H and O–H groups in total. The van der Waals surface area contributed by atoms with Gasteiger partial charge in [0.05, 0.1) is 5.56 Å². The molecule has 0 fully saturated rings. The van der Waals surface area contributed by atoms with E-state index in [1.165, 1.54) is 0 Å². The molecule has 1 rings (SSSR count). The van der Waals surface area contributed by atoms with Gasteiger partial charge < -0.3 is 10.2 Å². The fourth-order valence-corrected chi connectivity index (χ4v) is 1.68. The molecule has 0 unspecified atom stereocenters. The van der Waals surface area contributed by atoms with Gasteiger partial charge in [0.25, 0.3) is 0 Å². The summed E-state index contributed by atoms with van der Waals surface area (Å²) in [6.45, 7) is 3.24. The lowest BCUT2D eigenvalue weighted by Gasteiger charge is -2.13. The van der Waals surface area contributed by atoms with Crippen LogP contribution in [0.5, 0.6) is 0 Å². The maximum Gasteiger partial charge on any atom is 0.416 e. The third kappa shape index (κ3) is 4.96. The second kappa shape index (κ2) is 6.09. The second-order valence-corrected chi connectivity index (χ2v) is 4.67. The molecule has 1 aromatic rings. The van der Waals surface area contributed by atoms with Gasteiger partial charge in [0.2, 0.25) is 0 Å². The first-order chi connectivity index (χ1) is 8.29. The van der Waals surface area contributed by atoms with Gasteiger partial charge in [0, 0.05) is 12.2 Å². The minimum absolute atomic E-state index is 0.529. The molecule has 0 amide bonds. The van der Waals surface area contributed by atoms with Crippen molar-refractivity contribution in [1.82, 2.24) is 4.90 Å². The van der Waals surface area contributed by atoms with Crippen LogP contribution in [-0.2, 0) is 6.18 Å². The van der Waals surface area contributed by atoms with Gasteiger partial charge in [-0.3, -0.25) is 0 Å². The summed E-state index contributed by atoms with van der Waals surface area (Å²) in [5.41, 5.74) is 0.540. The van der Waals surface area contributed by atoms with Crippen molar-refractivity contribution >= 4 is 5.69 Å². The number of rotatable bonds is 5. The number of alkyl halides is 3. The summed E-state index contributed by atoms with van der Waals surface area (Å²) in [4.78, 5) is 2.04. The van der Waals surface area contributed by atoms with E-state index in [-0.39, 0.29) is 0 Å². The highest BCUT2D eigenvalue weighted by Gasteiger charge is 2.30. The molecule has 0 heterocycles. The van der Waals surface area contributed by atoms with Gasteiger partial charge in [-0.1, -0.05) is 0 Å². The lowest BCUT2D eigenvalue weighted by atomic mass is 10.1. The van der Waals surface area contributed by atoms with E-state index in [1.807, 2.05) is 19.0 Å². The molecule has 0 spiro atoms. The third-order valence-corrected chi connectivity index (χ3v) is 2.52. The van der Waals surface area contributed by atoms with Crippen molar-refractivity contribution in [2.24, 2.45) is 0 Å². The Morgan fingerprint density at radius 3 is 2.39 bits per heavy atom. The first-order valence-electron chi connectivity index (χ1n) is 5.86. The largest absolute Gasteiger partial charge is 0.416 e. The van der Waals surface area contributed by atoms with Gasteiger partial charge in [-0.2, -0.15) is 13.2 Å². The SMILES string of the molecule is Cc1cc(NCCCN(C)C)cc(C(F)(F)F)c1. The van der Waals surface area contributed by atoms with Crippen LogP contribution in [0.2, 0.25) is 0 Å². The average molecular weight is 260 g/mol. The molecule has 0 aromatic heterocycles. The topological polar surface area (TPSA) is 15.3 Å². The predicted octanol–water partition coefficient (Wildman–Crippen LogP) is 3.38. The fourth-order valence-electron chi connectivity index (χ4n) is 1.68. The Bertz CT molecular complexity index is 386. The fraction of sp³-hybridized carbons (Fsp3) is 0.538. The molecular weight excluding hydrogens is 241 g/mol. The summed E-state index contributed by atoms with van der Waals surface area (Å²) in [6, 6.07) is 4.04. The van der Waals surface area contributed by atoms with Crippen LogP contribution < -0.4 is 5.32 Å². The molecule has 0 radical (unpaired) electrons. The third-order valence-electron chi connectivity index (χ3n) is 2.52. The van der Waals surface area contributed by atoms with E-state index in [1.54, 1.807) is 13.0 Å². The Kier molecular flexibility index (Phi) is 5.02. The molecule has 0 saturated carbocycles. The standard InChI is InChI=1S/C13H19F3N2/c1-10-7-11(13(14,15)16)9-12(8-10)17-5-4-6-18(2)3/h7-9,17H,4-6H2,1-3H3. The van der Waals surface area contributed by atoms with Crippen molar-refractivity contribution in [2.75, 3.05) is 32.5 Å². The second-order valence-electron chi connectivity index (χ2n) is 4.67. The Balaban J connectivity index is 2.63. The van der Waals surface area contributed by atoms with Crippen molar-refractivity contribution in [2.45, 2.75) is 19.5 Å². The minimum atomic E-state index is -4.29. The van der Waals surface area contributed by atoms with Gasteiger partial charge in [-0.25, -0.2) is 0 Å². The maximum atomic E-state index is 12.6. The summed E-state index contributed by atoms with van der Waals surface area (Å²) in [5.74, 6) is 0. The van der Waals surface area contributed by atoms with Crippen LogP contribution in [0.3, 0.4) is 0 Å². The van der Waals surface area contributed by atoms with Crippen LogP contribution >= 0.6 is 0 Å². The number of aryl methyl sites for hydroxylation is 1. The van der Waals surface area contributed by atoms with Crippen molar-refractivity contribution in [1.29, 1.82) is 0 Å². The Morgan fingerprint density at radius 2 is 1.83 bits per heavy atom. The Morgan fingerprint density at radius 1 is 1.17 bits per heavy atom. The van der Waals surface area contributed by atoms with Crippen LogP contribution in [0.4, 0.5) is 18.9 Å². The lowest BCUT2D eigenvalue weighted by Crippen LogP contribution is -2.16. The first-order valence-corrected chi connectivity index (χ1v) is 5.86. The molecule has 18 heavy (non-hydrogen) atoms. The molecule has 0 bridgehead atoms. The van der Waals surface area contributed by atoms with E-state index in [2.05, 4.69) is 5.32 Å². The zero-order valence-electron chi connectivity index (χ0n) is 10.9. The number of nitrogens with one attached hydrogen (secondary N) is 1. The molecule has 102 valence electrons. The molecule has 5 heteroatoms. The van der Waals surface area contributed by atoms with Crippen LogP contribution in [0, 0.1) is 6.92 Å². The smallest absolute Gasteiger partial charge is 0.385 e. The van der Waals surface area contributed by atoms with Crippen LogP contribution in [0.15, 0.2) is 18.2 Å². The van der Waals surface area contributed by atoms with Gasteiger partial charge in [-0.15, -0.1) is 0 Å². The summed E-state index contributed by atoms with van der Waals surface area (Å²) in [7, 11) is 3.93. The molecule has 0 aliphatic heterocycles. The number of halogens is 3. The van der Waals surface area contributed by atoms with Gasteiger partial charge in [0.1, 0.15) is 0 Å². The molecule has 0 aliphatic rings. The zero-order chi connectivity index (χ0) is 13.8. The molecule has 0 aliphatic carbocycles. The first kappa shape index (κ1) is 14.8. The number of hydrogen-bond donors (Lipinski definition) is 1. The summed E-state index contributed by atoms with van der Waals surface area (Å²) < 4.78 is 37.8. The summed E-state index contributed by atoms with van der Waals surface area (Å²) in [6.07, 6.45) is -3.39. The minimum Gasteiger partial charge on any atom is -0.385 e. The van der Waals surface area contributed by atoms with E-state index < -0.39 is 11.7 Å². The monoisotopic (exact) mass is 260 g/mol. The molecule has 0 saturated heterocycles. The van der Waals surface area contributed by atoms with Crippen LogP contribution in [0.1, 0.15) is 17.5 Å². The van der Waals surface area contributed by atoms with Gasteiger partial charge in [-0.05, 0) is 57.7 Å². The van der Waals surface area contributed by atoms with Crippen molar-refractivity contribution in [3.63, 3.8) is 0 Å². The quantitative estimate of drug-likeness (QED) is 0.816. The van der Waals surface area contributed by atoms with E-state index in [0.717, 1.165) is 25.1 Å². The van der Waals surface area contributed by atoms with E-state index in [9.17, 15) is 13.2 Å². The van der Waals surface area contributed by atoms with Crippen LogP contribution in [0.25, 0.3) is 0 Å². The molecule has 2 nitrogen and oxygen atoms in total. The zero-order valence-corrected chi connectivity index (χ0v) is 10.9. The average Bonchev–Trinajstić information content (AvgIpc) is 2.22. The number of nitrogens with zero attached hydrogens (tertiary/aromatic N) is 1. The molecule has 1 aromatic carbocycles. The van der Waals surface area contributed by atoms with Crippen molar-refractivity contribution < 1.29 is 13.2 Å². The Hall–Kier alpha value is -1.23. The van der Waals surface area contributed by atoms with Crippen LogP contribution in [-0.4, -0.2) is 32.1 Å². The number of benzene rings is 1. The molecular formula is C13H19F3N2. The normalized spacial score (nSPS) is 11.9. The van der Waals surface area contributed by atoms with Gasteiger partial charge >= 0.3 is 6.18 Å². The highest BCUT2D eigenvalue weighted by molar-refractivity contribution is 5.49. The summed E-state index contributed by atoms with van der Waals surface area (Å²) >= 11 is 0. The van der Waals surface area contributed by atoms with Gasteiger partial charge in [0.15, 0.2) is 0 Å². The predicted molar refractivity (Wildman–Crippen MR) is 67.8 cm³/mol. The van der Waals surface area contributed by atoms with Crippen molar-refractivity contribution in [3.8, 4) is 0 Å². The van der Waals surface area contributed by atoms with Crippen molar-refractivity contribution in [3.05, 3.63) is 29.3 Å². The van der Waals surface area contributed by atoms with E-state index in [4.69, 9.17) is 0 Å². The number of anilines is 1. The highest BCUT2D eigenvalue weighted by atomic mass is 19.4. The van der Waals surface area contributed by atoms with E-state index in [0.29, 0.717) is 17.8 Å².